The van der Waals surface area contributed by atoms with E-state index in [0.717, 1.165) is 24.9 Å². The maximum atomic E-state index is 13.8. The highest BCUT2D eigenvalue weighted by atomic mass is 19.1. The van der Waals surface area contributed by atoms with Crippen molar-refractivity contribution in [3.05, 3.63) is 35.6 Å². The Morgan fingerprint density at radius 3 is 2.67 bits per heavy atom. The average molecular weight is 205 g/mol. The SMILES string of the molecule is Fc1ccccc1C1(C2CCCN2)CC1. The number of hydrogen-bond donors (Lipinski definition) is 1. The Balaban J connectivity index is 1.95. The summed E-state index contributed by atoms with van der Waals surface area (Å²) < 4.78 is 13.8. The van der Waals surface area contributed by atoms with Crippen LogP contribution in [0.4, 0.5) is 4.39 Å². The molecule has 80 valence electrons. The normalized spacial score (nSPS) is 27.9. The fraction of sp³-hybridized carbons (Fsp3) is 0.538. The van der Waals surface area contributed by atoms with Gasteiger partial charge in [0.25, 0.3) is 0 Å². The molecule has 1 aliphatic heterocycles. The first-order chi connectivity index (χ1) is 7.33. The summed E-state index contributed by atoms with van der Waals surface area (Å²) in [5.74, 6) is -0.0244. The van der Waals surface area contributed by atoms with Gasteiger partial charge in [0.15, 0.2) is 0 Å². The van der Waals surface area contributed by atoms with Crippen LogP contribution in [0.15, 0.2) is 24.3 Å². The Hall–Kier alpha value is -0.890. The third kappa shape index (κ3) is 1.39. The van der Waals surface area contributed by atoms with Gasteiger partial charge in [0.05, 0.1) is 0 Å². The molecule has 1 nitrogen and oxygen atoms in total. The lowest BCUT2D eigenvalue weighted by Gasteiger charge is -2.24. The highest BCUT2D eigenvalue weighted by Crippen LogP contribution is 2.53. The maximum Gasteiger partial charge on any atom is 0.127 e. The van der Waals surface area contributed by atoms with Crippen LogP contribution in [0, 0.1) is 5.82 Å². The van der Waals surface area contributed by atoms with Crippen molar-refractivity contribution in [2.45, 2.75) is 37.1 Å². The van der Waals surface area contributed by atoms with E-state index in [4.69, 9.17) is 0 Å². The Kier molecular flexibility index (Phi) is 2.06. The minimum atomic E-state index is -0.0244. The molecule has 2 fully saturated rings. The molecule has 0 spiro atoms. The van der Waals surface area contributed by atoms with Crippen molar-refractivity contribution in [2.75, 3.05) is 6.54 Å². The predicted octanol–water partition coefficient (Wildman–Crippen LogP) is 2.61. The van der Waals surface area contributed by atoms with Gasteiger partial charge in [-0.1, -0.05) is 18.2 Å². The molecule has 0 amide bonds. The van der Waals surface area contributed by atoms with Gasteiger partial charge in [-0.2, -0.15) is 0 Å². The lowest BCUT2D eigenvalue weighted by atomic mass is 9.87. The van der Waals surface area contributed by atoms with Crippen LogP contribution in [0.1, 0.15) is 31.2 Å². The number of benzene rings is 1. The fourth-order valence-electron chi connectivity index (χ4n) is 2.96. The van der Waals surface area contributed by atoms with Crippen LogP contribution in [-0.4, -0.2) is 12.6 Å². The molecule has 0 radical (unpaired) electrons. The first-order valence-corrected chi connectivity index (χ1v) is 5.81. The Labute approximate surface area is 89.7 Å². The van der Waals surface area contributed by atoms with Crippen molar-refractivity contribution in [3.63, 3.8) is 0 Å². The topological polar surface area (TPSA) is 12.0 Å². The predicted molar refractivity (Wildman–Crippen MR) is 58.3 cm³/mol. The highest BCUT2D eigenvalue weighted by Gasteiger charge is 2.52. The Morgan fingerprint density at radius 1 is 1.27 bits per heavy atom. The van der Waals surface area contributed by atoms with E-state index in [1.165, 1.54) is 12.8 Å². The van der Waals surface area contributed by atoms with Crippen molar-refractivity contribution in [2.24, 2.45) is 0 Å². The quantitative estimate of drug-likeness (QED) is 0.782. The van der Waals surface area contributed by atoms with Gasteiger partial charge in [0.1, 0.15) is 5.82 Å². The Bertz CT molecular complexity index is 365. The van der Waals surface area contributed by atoms with Crippen LogP contribution in [0.5, 0.6) is 0 Å². The van der Waals surface area contributed by atoms with Crippen LogP contribution >= 0.6 is 0 Å². The number of rotatable bonds is 2. The highest BCUT2D eigenvalue weighted by molar-refractivity contribution is 5.35. The van der Waals surface area contributed by atoms with Crippen LogP contribution < -0.4 is 5.32 Å². The van der Waals surface area contributed by atoms with Gasteiger partial charge in [0, 0.05) is 11.5 Å². The number of hydrogen-bond acceptors (Lipinski definition) is 1. The van der Waals surface area contributed by atoms with E-state index in [2.05, 4.69) is 5.32 Å². The first kappa shape index (κ1) is 9.34. The van der Waals surface area contributed by atoms with E-state index in [1.807, 2.05) is 12.1 Å². The molecule has 1 unspecified atom stereocenters. The lowest BCUT2D eigenvalue weighted by Crippen LogP contribution is -2.35. The second kappa shape index (κ2) is 3.31. The van der Waals surface area contributed by atoms with Crippen molar-refractivity contribution in [3.8, 4) is 0 Å². The van der Waals surface area contributed by atoms with Crippen molar-refractivity contribution in [1.82, 2.24) is 5.32 Å². The van der Waals surface area contributed by atoms with Gasteiger partial charge in [-0.3, -0.25) is 0 Å². The molecule has 1 N–H and O–H groups in total. The first-order valence-electron chi connectivity index (χ1n) is 5.81. The summed E-state index contributed by atoms with van der Waals surface area (Å²) in [6.07, 6.45) is 4.73. The van der Waals surface area contributed by atoms with Crippen molar-refractivity contribution in [1.29, 1.82) is 0 Å². The van der Waals surface area contributed by atoms with Crippen molar-refractivity contribution >= 4 is 0 Å². The van der Waals surface area contributed by atoms with Gasteiger partial charge in [0.2, 0.25) is 0 Å². The molecule has 0 bridgehead atoms. The molecule has 1 aromatic rings. The molecule has 1 saturated heterocycles. The molecular weight excluding hydrogens is 189 g/mol. The number of halogens is 1. The molecule has 1 aromatic carbocycles. The summed E-state index contributed by atoms with van der Waals surface area (Å²) in [5.41, 5.74) is 1.06. The zero-order valence-electron chi connectivity index (χ0n) is 8.80. The average Bonchev–Trinajstić information content (AvgIpc) is 2.87. The summed E-state index contributed by atoms with van der Waals surface area (Å²) in [7, 11) is 0. The van der Waals surface area contributed by atoms with E-state index in [-0.39, 0.29) is 11.2 Å². The van der Waals surface area contributed by atoms with E-state index < -0.39 is 0 Å². The molecule has 2 heteroatoms. The molecule has 3 rings (SSSR count). The monoisotopic (exact) mass is 205 g/mol. The van der Waals surface area contributed by atoms with Gasteiger partial charge in [-0.05, 0) is 43.9 Å². The zero-order chi connectivity index (χ0) is 10.3. The summed E-state index contributed by atoms with van der Waals surface area (Å²) in [4.78, 5) is 0. The van der Waals surface area contributed by atoms with E-state index in [1.54, 1.807) is 12.1 Å². The van der Waals surface area contributed by atoms with E-state index in [9.17, 15) is 4.39 Å². The summed E-state index contributed by atoms with van der Waals surface area (Å²) in [6.45, 7) is 1.10. The molecule has 1 aliphatic carbocycles. The minimum Gasteiger partial charge on any atom is -0.313 e. The lowest BCUT2D eigenvalue weighted by molar-refractivity contribution is 0.452. The molecule has 1 heterocycles. The second-order valence-corrected chi connectivity index (χ2v) is 4.78. The smallest absolute Gasteiger partial charge is 0.127 e. The van der Waals surface area contributed by atoms with Crippen LogP contribution in [0.3, 0.4) is 0 Å². The molecule has 1 saturated carbocycles. The standard InChI is InChI=1S/C13H16FN/c14-11-5-2-1-4-10(11)13(7-8-13)12-6-3-9-15-12/h1-2,4-5,12,15H,3,6-9H2. The van der Waals surface area contributed by atoms with Crippen LogP contribution in [-0.2, 0) is 5.41 Å². The molecule has 1 atom stereocenters. The third-order valence-corrected chi connectivity index (χ3v) is 3.93. The zero-order valence-corrected chi connectivity index (χ0v) is 8.80. The minimum absolute atomic E-state index is 0.0244. The number of nitrogens with one attached hydrogen (secondary N) is 1. The summed E-state index contributed by atoms with van der Waals surface area (Å²) >= 11 is 0. The molecule has 2 aliphatic rings. The molecular formula is C13H16FN. The Morgan fingerprint density at radius 2 is 2.07 bits per heavy atom. The largest absolute Gasteiger partial charge is 0.313 e. The summed E-state index contributed by atoms with van der Waals surface area (Å²) in [5, 5.41) is 3.52. The van der Waals surface area contributed by atoms with Crippen LogP contribution in [0.25, 0.3) is 0 Å². The fourth-order valence-corrected chi connectivity index (χ4v) is 2.96. The van der Waals surface area contributed by atoms with E-state index in [0.29, 0.717) is 6.04 Å². The second-order valence-electron chi connectivity index (χ2n) is 4.78. The van der Waals surface area contributed by atoms with Gasteiger partial charge in [-0.25, -0.2) is 4.39 Å². The van der Waals surface area contributed by atoms with Crippen molar-refractivity contribution < 1.29 is 4.39 Å². The van der Waals surface area contributed by atoms with E-state index >= 15 is 0 Å². The van der Waals surface area contributed by atoms with Gasteiger partial charge in [-0.15, -0.1) is 0 Å². The van der Waals surface area contributed by atoms with Gasteiger partial charge < -0.3 is 5.32 Å². The summed E-state index contributed by atoms with van der Waals surface area (Å²) in [6, 6.07) is 7.78. The molecule has 15 heavy (non-hydrogen) atoms. The third-order valence-electron chi connectivity index (χ3n) is 3.93. The van der Waals surface area contributed by atoms with Gasteiger partial charge >= 0.3 is 0 Å². The van der Waals surface area contributed by atoms with Crippen LogP contribution in [0.2, 0.25) is 0 Å². The molecule has 0 aromatic heterocycles. The maximum absolute atomic E-state index is 13.8.